The summed E-state index contributed by atoms with van der Waals surface area (Å²) in [7, 11) is 0. The number of thiophene rings is 1. The first kappa shape index (κ1) is 15.6. The van der Waals surface area contributed by atoms with Gasteiger partial charge in [-0.3, -0.25) is 0 Å². The van der Waals surface area contributed by atoms with E-state index in [1.165, 1.54) is 5.56 Å². The van der Waals surface area contributed by atoms with Crippen molar-refractivity contribution >= 4 is 11.3 Å². The number of ether oxygens (including phenoxy) is 1. The summed E-state index contributed by atoms with van der Waals surface area (Å²) in [6, 6.07) is 12.1. The number of hydrogen-bond acceptors (Lipinski definition) is 3. The molecule has 0 fully saturated rings. The molecule has 2 nitrogen and oxygen atoms in total. The van der Waals surface area contributed by atoms with E-state index in [1.807, 2.05) is 30.3 Å². The van der Waals surface area contributed by atoms with Gasteiger partial charge in [-0.05, 0) is 29.2 Å². The molecule has 0 saturated carbocycles. The van der Waals surface area contributed by atoms with E-state index in [-0.39, 0.29) is 12.0 Å². The standard InChI is InChI=1S/C18H20O2S/c1-18(2,3)16-8-4-5-9-17(16)20-13-15-11-10-14(21-15)7-6-12-19/h4-5,8-11,19H,12-13H2,1-3H3. The fourth-order valence-corrected chi connectivity index (χ4v) is 2.81. The number of aliphatic hydroxyl groups excluding tert-OH is 1. The van der Waals surface area contributed by atoms with Crippen molar-refractivity contribution in [2.45, 2.75) is 32.8 Å². The van der Waals surface area contributed by atoms with Crippen molar-refractivity contribution in [3.8, 4) is 17.6 Å². The number of benzene rings is 1. The summed E-state index contributed by atoms with van der Waals surface area (Å²) < 4.78 is 5.98. The Bertz CT molecular complexity index is 654. The lowest BCUT2D eigenvalue weighted by atomic mass is 9.86. The molecular formula is C18H20O2S. The lowest BCUT2D eigenvalue weighted by Gasteiger charge is -2.22. The Morgan fingerprint density at radius 1 is 1.14 bits per heavy atom. The van der Waals surface area contributed by atoms with Crippen LogP contribution >= 0.6 is 11.3 Å². The van der Waals surface area contributed by atoms with Crippen LogP contribution in [-0.2, 0) is 12.0 Å². The zero-order valence-electron chi connectivity index (χ0n) is 12.6. The van der Waals surface area contributed by atoms with Crippen LogP contribution in [0, 0.1) is 11.8 Å². The normalized spacial score (nSPS) is 10.9. The smallest absolute Gasteiger partial charge is 0.123 e. The van der Waals surface area contributed by atoms with Crippen LogP contribution in [0.3, 0.4) is 0 Å². The molecule has 21 heavy (non-hydrogen) atoms. The first-order valence-corrected chi connectivity index (χ1v) is 7.73. The molecule has 1 N–H and O–H groups in total. The zero-order valence-corrected chi connectivity index (χ0v) is 13.5. The van der Waals surface area contributed by atoms with Crippen LogP contribution in [-0.4, -0.2) is 11.7 Å². The molecule has 0 radical (unpaired) electrons. The van der Waals surface area contributed by atoms with Crippen LogP contribution in [0.4, 0.5) is 0 Å². The van der Waals surface area contributed by atoms with E-state index in [0.29, 0.717) is 6.61 Å². The molecule has 1 aromatic carbocycles. The molecule has 2 aromatic rings. The van der Waals surface area contributed by atoms with Gasteiger partial charge in [0.2, 0.25) is 0 Å². The van der Waals surface area contributed by atoms with Gasteiger partial charge in [-0.1, -0.05) is 50.8 Å². The number of rotatable bonds is 3. The Labute approximate surface area is 130 Å². The van der Waals surface area contributed by atoms with Crippen molar-refractivity contribution in [2.24, 2.45) is 0 Å². The van der Waals surface area contributed by atoms with Crippen LogP contribution in [0.5, 0.6) is 5.75 Å². The number of aliphatic hydroxyl groups is 1. The molecule has 3 heteroatoms. The summed E-state index contributed by atoms with van der Waals surface area (Å²) in [5.74, 6) is 6.50. The maximum Gasteiger partial charge on any atom is 0.123 e. The highest BCUT2D eigenvalue weighted by molar-refractivity contribution is 7.12. The molecule has 2 rings (SSSR count). The molecule has 0 amide bonds. The Morgan fingerprint density at radius 2 is 1.90 bits per heavy atom. The second-order valence-corrected chi connectivity index (χ2v) is 6.93. The van der Waals surface area contributed by atoms with Crippen molar-refractivity contribution in [1.29, 1.82) is 0 Å². The van der Waals surface area contributed by atoms with Crippen LogP contribution in [0.25, 0.3) is 0 Å². The monoisotopic (exact) mass is 300 g/mol. The molecule has 0 saturated heterocycles. The maximum atomic E-state index is 8.70. The van der Waals surface area contributed by atoms with Crippen molar-refractivity contribution in [3.05, 3.63) is 51.7 Å². The number of hydrogen-bond donors (Lipinski definition) is 1. The lowest BCUT2D eigenvalue weighted by molar-refractivity contribution is 0.301. The Hall–Kier alpha value is -1.76. The average molecular weight is 300 g/mol. The molecule has 0 atom stereocenters. The van der Waals surface area contributed by atoms with E-state index in [9.17, 15) is 0 Å². The van der Waals surface area contributed by atoms with Crippen LogP contribution in [0.2, 0.25) is 0 Å². The Morgan fingerprint density at radius 3 is 2.62 bits per heavy atom. The first-order chi connectivity index (χ1) is 10.0. The Balaban J connectivity index is 2.08. The van der Waals surface area contributed by atoms with Crippen LogP contribution < -0.4 is 4.74 Å². The molecule has 1 heterocycles. The Kier molecular flexibility index (Phi) is 5.06. The van der Waals surface area contributed by atoms with Gasteiger partial charge in [0, 0.05) is 4.88 Å². The van der Waals surface area contributed by atoms with Gasteiger partial charge in [0.25, 0.3) is 0 Å². The summed E-state index contributed by atoms with van der Waals surface area (Å²) in [6.45, 7) is 6.98. The molecule has 0 unspecified atom stereocenters. The van der Waals surface area contributed by atoms with Crippen molar-refractivity contribution in [1.82, 2.24) is 0 Å². The van der Waals surface area contributed by atoms with Gasteiger partial charge in [0.1, 0.15) is 19.0 Å². The fraction of sp³-hybridized carbons (Fsp3) is 0.333. The minimum absolute atomic E-state index is 0.0593. The van der Waals surface area contributed by atoms with Crippen molar-refractivity contribution < 1.29 is 9.84 Å². The summed E-state index contributed by atoms with van der Waals surface area (Å²) >= 11 is 1.60. The van der Waals surface area contributed by atoms with Crippen molar-refractivity contribution in [3.63, 3.8) is 0 Å². The predicted molar refractivity (Wildman–Crippen MR) is 87.8 cm³/mol. The molecular weight excluding hydrogens is 280 g/mol. The highest BCUT2D eigenvalue weighted by Crippen LogP contribution is 2.31. The van der Waals surface area contributed by atoms with E-state index in [2.05, 4.69) is 38.7 Å². The summed E-state index contributed by atoms with van der Waals surface area (Å²) in [6.07, 6.45) is 0. The summed E-state index contributed by atoms with van der Waals surface area (Å²) in [5, 5.41) is 8.70. The quantitative estimate of drug-likeness (QED) is 0.869. The largest absolute Gasteiger partial charge is 0.488 e. The van der Waals surface area contributed by atoms with E-state index in [0.717, 1.165) is 15.5 Å². The molecule has 110 valence electrons. The molecule has 0 aliphatic rings. The van der Waals surface area contributed by atoms with Gasteiger partial charge in [-0.25, -0.2) is 0 Å². The SMILES string of the molecule is CC(C)(C)c1ccccc1OCc1ccc(C#CCO)s1. The molecule has 0 aliphatic carbocycles. The summed E-state index contributed by atoms with van der Waals surface area (Å²) in [5.41, 5.74) is 1.27. The number of para-hydroxylation sites is 1. The van der Waals surface area contributed by atoms with Gasteiger partial charge >= 0.3 is 0 Å². The van der Waals surface area contributed by atoms with E-state index in [1.54, 1.807) is 11.3 Å². The van der Waals surface area contributed by atoms with Gasteiger partial charge in [0.15, 0.2) is 0 Å². The molecule has 0 spiro atoms. The van der Waals surface area contributed by atoms with Crippen LogP contribution in [0.1, 0.15) is 36.1 Å². The minimum atomic E-state index is -0.108. The highest BCUT2D eigenvalue weighted by atomic mass is 32.1. The van der Waals surface area contributed by atoms with E-state index >= 15 is 0 Å². The second-order valence-electron chi connectivity index (χ2n) is 5.76. The molecule has 1 aromatic heterocycles. The summed E-state index contributed by atoms with van der Waals surface area (Å²) in [4.78, 5) is 2.08. The first-order valence-electron chi connectivity index (χ1n) is 6.91. The average Bonchev–Trinajstić information content (AvgIpc) is 2.90. The van der Waals surface area contributed by atoms with Gasteiger partial charge < -0.3 is 9.84 Å². The second kappa shape index (κ2) is 6.80. The third kappa shape index (κ3) is 4.35. The highest BCUT2D eigenvalue weighted by Gasteiger charge is 2.18. The van der Waals surface area contributed by atoms with Crippen molar-refractivity contribution in [2.75, 3.05) is 6.61 Å². The maximum absolute atomic E-state index is 8.70. The fourth-order valence-electron chi connectivity index (χ4n) is 2.01. The van der Waals surface area contributed by atoms with E-state index < -0.39 is 0 Å². The zero-order chi connectivity index (χ0) is 15.3. The van der Waals surface area contributed by atoms with Gasteiger partial charge in [-0.2, -0.15) is 0 Å². The third-order valence-corrected chi connectivity index (χ3v) is 3.99. The van der Waals surface area contributed by atoms with E-state index in [4.69, 9.17) is 9.84 Å². The molecule has 0 bridgehead atoms. The minimum Gasteiger partial charge on any atom is -0.488 e. The molecule has 0 aliphatic heterocycles. The van der Waals surface area contributed by atoms with Gasteiger partial charge in [-0.15, -0.1) is 11.3 Å². The van der Waals surface area contributed by atoms with Gasteiger partial charge in [0.05, 0.1) is 4.88 Å². The lowest BCUT2D eigenvalue weighted by Crippen LogP contribution is -2.13. The predicted octanol–water partition coefficient (Wildman–Crippen LogP) is 3.97. The van der Waals surface area contributed by atoms with Crippen LogP contribution in [0.15, 0.2) is 36.4 Å². The topological polar surface area (TPSA) is 29.5 Å². The third-order valence-electron chi connectivity index (χ3n) is 3.02.